The normalized spacial score (nSPS) is 20.3. The summed E-state index contributed by atoms with van der Waals surface area (Å²) in [5, 5.41) is 3.57. The number of hydrogen-bond acceptors (Lipinski definition) is 4. The van der Waals surface area contributed by atoms with Gasteiger partial charge in [-0.25, -0.2) is 4.98 Å². The quantitative estimate of drug-likeness (QED) is 0.849. The van der Waals surface area contributed by atoms with E-state index < -0.39 is 0 Å². The van der Waals surface area contributed by atoms with E-state index in [1.54, 1.807) is 0 Å². The monoisotopic (exact) mass is 223 g/mol. The lowest BCUT2D eigenvalue weighted by molar-refractivity contribution is 0.811. The lowest BCUT2D eigenvalue weighted by Gasteiger charge is -2.19. The largest absolute Gasteiger partial charge is 0.378 e. The Morgan fingerprint density at radius 2 is 2.40 bits per heavy atom. The summed E-state index contributed by atoms with van der Waals surface area (Å²) in [7, 11) is 4.05. The fraction of sp³-hybridized carbons (Fsp3) is 0.545. The molecule has 0 spiro atoms. The number of nitrogens with one attached hydrogen (secondary N) is 1. The first-order valence-electron chi connectivity index (χ1n) is 5.24. The zero-order valence-corrected chi connectivity index (χ0v) is 10.0. The molecule has 1 aliphatic rings. The van der Waals surface area contributed by atoms with E-state index in [0.29, 0.717) is 6.04 Å². The van der Waals surface area contributed by atoms with Gasteiger partial charge in [0.25, 0.3) is 0 Å². The van der Waals surface area contributed by atoms with Gasteiger partial charge in [-0.3, -0.25) is 0 Å². The highest BCUT2D eigenvalue weighted by atomic mass is 32.2. The van der Waals surface area contributed by atoms with Gasteiger partial charge in [0.1, 0.15) is 0 Å². The van der Waals surface area contributed by atoms with Gasteiger partial charge >= 0.3 is 0 Å². The second-order valence-corrected chi connectivity index (χ2v) is 5.12. The molecule has 1 fully saturated rings. The van der Waals surface area contributed by atoms with Crippen LogP contribution < -0.4 is 10.2 Å². The second-order valence-electron chi connectivity index (χ2n) is 3.97. The topological polar surface area (TPSA) is 28.2 Å². The molecule has 0 amide bonds. The molecule has 82 valence electrons. The Bertz CT molecular complexity index is 321. The van der Waals surface area contributed by atoms with Gasteiger partial charge in [-0.15, -0.1) is 0 Å². The maximum Gasteiger partial charge on any atom is 0.151 e. The van der Waals surface area contributed by atoms with Crippen LogP contribution in [-0.4, -0.2) is 36.6 Å². The molecule has 1 atom stereocenters. The van der Waals surface area contributed by atoms with Crippen LogP contribution in [0.25, 0.3) is 0 Å². The van der Waals surface area contributed by atoms with Crippen molar-refractivity contribution in [2.45, 2.75) is 12.5 Å². The summed E-state index contributed by atoms with van der Waals surface area (Å²) in [6, 6.07) is 4.70. The van der Waals surface area contributed by atoms with Crippen LogP contribution in [0.3, 0.4) is 0 Å². The van der Waals surface area contributed by atoms with Gasteiger partial charge in [0.2, 0.25) is 0 Å². The van der Waals surface area contributed by atoms with Gasteiger partial charge in [0.05, 0.1) is 5.69 Å². The third-order valence-corrected chi connectivity index (χ3v) is 3.66. The van der Waals surface area contributed by atoms with Crippen molar-refractivity contribution in [3.8, 4) is 0 Å². The summed E-state index contributed by atoms with van der Waals surface area (Å²) in [6.45, 7) is 0. The van der Waals surface area contributed by atoms with Crippen molar-refractivity contribution in [1.29, 1.82) is 0 Å². The molecule has 15 heavy (non-hydrogen) atoms. The number of rotatable bonds is 3. The van der Waals surface area contributed by atoms with Crippen LogP contribution in [0.1, 0.15) is 6.42 Å². The van der Waals surface area contributed by atoms with Crippen molar-refractivity contribution >= 4 is 23.3 Å². The summed E-state index contributed by atoms with van der Waals surface area (Å²) >= 11 is 2.02. The van der Waals surface area contributed by atoms with Gasteiger partial charge in [-0.2, -0.15) is 11.8 Å². The molecule has 2 rings (SSSR count). The molecule has 0 aromatic carbocycles. The fourth-order valence-corrected chi connectivity index (χ4v) is 2.89. The molecule has 0 saturated carbocycles. The van der Waals surface area contributed by atoms with Crippen LogP contribution in [0, 0.1) is 0 Å². The molecule has 0 aliphatic carbocycles. The SMILES string of the molecule is CN(C)c1ncccc1NC1CCSC1. The lowest BCUT2D eigenvalue weighted by atomic mass is 10.2. The van der Waals surface area contributed by atoms with Crippen LogP contribution in [0.15, 0.2) is 18.3 Å². The van der Waals surface area contributed by atoms with Gasteiger partial charge in [-0.1, -0.05) is 0 Å². The van der Waals surface area contributed by atoms with Crippen molar-refractivity contribution in [3.05, 3.63) is 18.3 Å². The number of nitrogens with zero attached hydrogens (tertiary/aromatic N) is 2. The van der Waals surface area contributed by atoms with E-state index in [1.165, 1.54) is 17.9 Å². The highest BCUT2D eigenvalue weighted by molar-refractivity contribution is 7.99. The Labute approximate surface area is 95.3 Å². The second kappa shape index (κ2) is 4.75. The first-order valence-corrected chi connectivity index (χ1v) is 6.39. The molecule has 1 unspecified atom stereocenters. The van der Waals surface area contributed by atoms with Crippen molar-refractivity contribution in [1.82, 2.24) is 4.98 Å². The Kier molecular flexibility index (Phi) is 3.36. The average Bonchev–Trinajstić information content (AvgIpc) is 2.71. The molecule has 4 heteroatoms. The molecule has 1 saturated heterocycles. The van der Waals surface area contributed by atoms with E-state index in [4.69, 9.17) is 0 Å². The molecular formula is C11H17N3S. The molecule has 1 aliphatic heterocycles. The maximum absolute atomic E-state index is 4.38. The number of thioether (sulfide) groups is 1. The third-order valence-electron chi connectivity index (χ3n) is 2.50. The average molecular weight is 223 g/mol. The van der Waals surface area contributed by atoms with Crippen molar-refractivity contribution in [2.24, 2.45) is 0 Å². The lowest BCUT2D eigenvalue weighted by Crippen LogP contribution is -2.21. The van der Waals surface area contributed by atoms with Crippen LogP contribution in [-0.2, 0) is 0 Å². The molecular weight excluding hydrogens is 206 g/mol. The van der Waals surface area contributed by atoms with Crippen LogP contribution >= 0.6 is 11.8 Å². The van der Waals surface area contributed by atoms with Crippen LogP contribution in [0.4, 0.5) is 11.5 Å². The Morgan fingerprint density at radius 3 is 3.07 bits per heavy atom. The minimum atomic E-state index is 0.609. The van der Waals surface area contributed by atoms with Gasteiger partial charge in [0, 0.05) is 32.1 Å². The van der Waals surface area contributed by atoms with E-state index in [9.17, 15) is 0 Å². The van der Waals surface area contributed by atoms with E-state index >= 15 is 0 Å². The molecule has 0 radical (unpaired) electrons. The Balaban J connectivity index is 2.12. The minimum Gasteiger partial charge on any atom is -0.378 e. The standard InChI is InChI=1S/C11H17N3S/c1-14(2)11-10(4-3-6-12-11)13-9-5-7-15-8-9/h3-4,6,9,13H,5,7-8H2,1-2H3. The molecule has 0 bridgehead atoms. The van der Waals surface area contributed by atoms with Gasteiger partial charge in [0.15, 0.2) is 5.82 Å². The smallest absolute Gasteiger partial charge is 0.151 e. The predicted molar refractivity (Wildman–Crippen MR) is 67.9 cm³/mol. The Morgan fingerprint density at radius 1 is 1.53 bits per heavy atom. The summed E-state index contributed by atoms with van der Waals surface area (Å²) < 4.78 is 0. The number of pyridine rings is 1. The minimum absolute atomic E-state index is 0.609. The molecule has 1 N–H and O–H groups in total. The number of anilines is 2. The third kappa shape index (κ3) is 2.56. The van der Waals surface area contributed by atoms with Crippen molar-refractivity contribution in [3.63, 3.8) is 0 Å². The molecule has 1 aromatic rings. The zero-order valence-electron chi connectivity index (χ0n) is 9.23. The predicted octanol–water partition coefficient (Wildman–Crippen LogP) is 2.06. The van der Waals surface area contributed by atoms with Gasteiger partial charge < -0.3 is 10.2 Å². The number of aromatic nitrogens is 1. The highest BCUT2D eigenvalue weighted by Gasteiger charge is 2.16. The van der Waals surface area contributed by atoms with E-state index in [-0.39, 0.29) is 0 Å². The maximum atomic E-state index is 4.38. The van der Waals surface area contributed by atoms with Crippen LogP contribution in [0.2, 0.25) is 0 Å². The van der Waals surface area contributed by atoms with E-state index in [0.717, 1.165) is 11.5 Å². The number of hydrogen-bond donors (Lipinski definition) is 1. The zero-order chi connectivity index (χ0) is 10.7. The summed E-state index contributed by atoms with van der Waals surface area (Å²) in [5.74, 6) is 3.51. The molecule has 3 nitrogen and oxygen atoms in total. The summed E-state index contributed by atoms with van der Waals surface area (Å²) in [4.78, 5) is 6.42. The summed E-state index contributed by atoms with van der Waals surface area (Å²) in [5.41, 5.74) is 1.15. The van der Waals surface area contributed by atoms with Crippen molar-refractivity contribution < 1.29 is 0 Å². The van der Waals surface area contributed by atoms with Crippen molar-refractivity contribution in [2.75, 3.05) is 35.8 Å². The fourth-order valence-electron chi connectivity index (χ4n) is 1.73. The molecule has 1 aromatic heterocycles. The van der Waals surface area contributed by atoms with Crippen LogP contribution in [0.5, 0.6) is 0 Å². The first-order chi connectivity index (χ1) is 7.27. The molecule has 2 heterocycles. The Hall–Kier alpha value is -0.900. The van der Waals surface area contributed by atoms with Gasteiger partial charge in [-0.05, 0) is 24.3 Å². The van der Waals surface area contributed by atoms with E-state index in [1.807, 2.05) is 43.0 Å². The highest BCUT2D eigenvalue weighted by Crippen LogP contribution is 2.25. The summed E-state index contributed by atoms with van der Waals surface area (Å²) in [6.07, 6.45) is 3.09. The first kappa shape index (κ1) is 10.6. The van der Waals surface area contributed by atoms with E-state index in [2.05, 4.69) is 16.4 Å².